The van der Waals surface area contributed by atoms with Crippen molar-refractivity contribution < 1.29 is 4.79 Å². The second-order valence-electron chi connectivity index (χ2n) is 6.46. The summed E-state index contributed by atoms with van der Waals surface area (Å²) in [6.45, 7) is 7.19. The van der Waals surface area contributed by atoms with Gasteiger partial charge in [0.05, 0.1) is 0 Å². The first-order valence-corrected chi connectivity index (χ1v) is 8.28. The van der Waals surface area contributed by atoms with Gasteiger partial charge in [-0.1, -0.05) is 6.92 Å². The van der Waals surface area contributed by atoms with Crippen LogP contribution in [-0.4, -0.2) is 34.0 Å². The molecule has 0 bridgehead atoms. The first kappa shape index (κ1) is 16.1. The van der Waals surface area contributed by atoms with Gasteiger partial charge >= 0.3 is 0 Å². The minimum absolute atomic E-state index is 0.177. The Labute approximate surface area is 128 Å². The molecular formula is C17H29N3O. The molecule has 1 aromatic heterocycles. The van der Waals surface area contributed by atoms with Crippen LogP contribution in [-0.2, 0) is 0 Å². The van der Waals surface area contributed by atoms with Gasteiger partial charge in [0.2, 0.25) is 0 Å². The summed E-state index contributed by atoms with van der Waals surface area (Å²) >= 11 is 0. The number of nitrogens with zero attached hydrogens (tertiary/aromatic N) is 2. The highest BCUT2D eigenvalue weighted by atomic mass is 16.2. The lowest BCUT2D eigenvalue weighted by Gasteiger charge is -2.36. The molecule has 0 radical (unpaired) electrons. The summed E-state index contributed by atoms with van der Waals surface area (Å²) in [5.41, 5.74) is 6.81. The van der Waals surface area contributed by atoms with E-state index in [0.29, 0.717) is 18.1 Å². The standard InChI is InChI=1S/C17H29N3O/c1-4-11-20(15-9-7-14(18)8-10-15)17(21)16-6-5-12-19(16)13(2)3/h5-6,12-15H,4,7-11,18H2,1-3H3. The third kappa shape index (κ3) is 3.67. The number of rotatable bonds is 5. The fourth-order valence-corrected chi connectivity index (χ4v) is 3.28. The highest BCUT2D eigenvalue weighted by Gasteiger charge is 2.29. The number of amides is 1. The Hall–Kier alpha value is -1.29. The van der Waals surface area contributed by atoms with Crippen LogP contribution in [0.25, 0.3) is 0 Å². The van der Waals surface area contributed by atoms with Crippen molar-refractivity contribution in [3.8, 4) is 0 Å². The van der Waals surface area contributed by atoms with Crippen molar-refractivity contribution in [2.45, 2.75) is 71.0 Å². The summed E-state index contributed by atoms with van der Waals surface area (Å²) in [5.74, 6) is 0.177. The monoisotopic (exact) mass is 291 g/mol. The summed E-state index contributed by atoms with van der Waals surface area (Å²) in [5, 5.41) is 0. The van der Waals surface area contributed by atoms with Crippen molar-refractivity contribution >= 4 is 5.91 Å². The number of carbonyl (C=O) groups excluding carboxylic acids is 1. The molecule has 4 heteroatoms. The second kappa shape index (κ2) is 7.12. The Bertz CT molecular complexity index is 458. The van der Waals surface area contributed by atoms with Crippen LogP contribution in [0.2, 0.25) is 0 Å². The van der Waals surface area contributed by atoms with Gasteiger partial charge in [0, 0.05) is 30.9 Å². The molecule has 0 spiro atoms. The normalized spacial score (nSPS) is 22.5. The van der Waals surface area contributed by atoms with E-state index in [2.05, 4.69) is 30.2 Å². The van der Waals surface area contributed by atoms with Gasteiger partial charge in [0.25, 0.3) is 5.91 Å². The smallest absolute Gasteiger partial charge is 0.270 e. The average Bonchev–Trinajstić information content (AvgIpc) is 2.95. The molecule has 2 rings (SSSR count). The van der Waals surface area contributed by atoms with E-state index in [1.807, 2.05) is 18.3 Å². The zero-order chi connectivity index (χ0) is 15.4. The Morgan fingerprint density at radius 2 is 2.05 bits per heavy atom. The molecule has 1 aliphatic carbocycles. The summed E-state index contributed by atoms with van der Waals surface area (Å²) < 4.78 is 2.07. The molecule has 1 saturated carbocycles. The third-order valence-corrected chi connectivity index (χ3v) is 4.46. The summed E-state index contributed by atoms with van der Waals surface area (Å²) in [6.07, 6.45) is 7.13. The lowest BCUT2D eigenvalue weighted by Crippen LogP contribution is -2.45. The van der Waals surface area contributed by atoms with E-state index in [9.17, 15) is 4.79 Å². The Morgan fingerprint density at radius 3 is 2.62 bits per heavy atom. The molecule has 0 unspecified atom stereocenters. The van der Waals surface area contributed by atoms with Crippen LogP contribution in [0.4, 0.5) is 0 Å². The van der Waals surface area contributed by atoms with Gasteiger partial charge in [-0.15, -0.1) is 0 Å². The molecule has 0 atom stereocenters. The molecule has 1 aromatic rings. The Morgan fingerprint density at radius 1 is 1.38 bits per heavy atom. The van der Waals surface area contributed by atoms with Crippen LogP contribution in [0.1, 0.15) is 69.4 Å². The molecule has 21 heavy (non-hydrogen) atoms. The van der Waals surface area contributed by atoms with E-state index in [1.165, 1.54) is 0 Å². The maximum Gasteiger partial charge on any atom is 0.270 e. The number of hydrogen-bond acceptors (Lipinski definition) is 2. The van der Waals surface area contributed by atoms with E-state index in [0.717, 1.165) is 44.3 Å². The maximum absolute atomic E-state index is 13.0. The fraction of sp³-hybridized carbons (Fsp3) is 0.706. The van der Waals surface area contributed by atoms with Crippen LogP contribution in [0.3, 0.4) is 0 Å². The van der Waals surface area contributed by atoms with Gasteiger partial charge in [-0.3, -0.25) is 4.79 Å². The molecule has 4 nitrogen and oxygen atoms in total. The van der Waals surface area contributed by atoms with Crippen LogP contribution in [0.15, 0.2) is 18.3 Å². The molecule has 118 valence electrons. The van der Waals surface area contributed by atoms with Crippen molar-refractivity contribution in [2.24, 2.45) is 5.73 Å². The van der Waals surface area contributed by atoms with Gasteiger partial charge in [0.15, 0.2) is 0 Å². The zero-order valence-electron chi connectivity index (χ0n) is 13.6. The fourth-order valence-electron chi connectivity index (χ4n) is 3.28. The van der Waals surface area contributed by atoms with Crippen molar-refractivity contribution in [1.82, 2.24) is 9.47 Å². The van der Waals surface area contributed by atoms with Gasteiger partial charge in [0.1, 0.15) is 5.69 Å². The molecule has 2 N–H and O–H groups in total. The molecule has 0 aromatic carbocycles. The highest BCUT2D eigenvalue weighted by molar-refractivity contribution is 5.93. The van der Waals surface area contributed by atoms with E-state index < -0.39 is 0 Å². The van der Waals surface area contributed by atoms with Crippen molar-refractivity contribution in [3.63, 3.8) is 0 Å². The van der Waals surface area contributed by atoms with Gasteiger partial charge in [-0.25, -0.2) is 0 Å². The van der Waals surface area contributed by atoms with Crippen molar-refractivity contribution in [2.75, 3.05) is 6.54 Å². The van der Waals surface area contributed by atoms with Crippen LogP contribution in [0.5, 0.6) is 0 Å². The molecule has 0 aliphatic heterocycles. The third-order valence-electron chi connectivity index (χ3n) is 4.46. The first-order valence-electron chi connectivity index (χ1n) is 8.28. The lowest BCUT2D eigenvalue weighted by atomic mass is 9.90. The minimum atomic E-state index is 0.177. The molecular weight excluding hydrogens is 262 g/mol. The molecule has 1 amide bonds. The number of nitrogens with two attached hydrogens (primary N) is 1. The first-order chi connectivity index (χ1) is 10.0. The van der Waals surface area contributed by atoms with Gasteiger partial charge in [-0.05, 0) is 58.1 Å². The predicted molar refractivity (Wildman–Crippen MR) is 86.4 cm³/mol. The topological polar surface area (TPSA) is 51.3 Å². The highest BCUT2D eigenvalue weighted by Crippen LogP contribution is 2.24. The number of carbonyl (C=O) groups is 1. The Balaban J connectivity index is 2.17. The summed E-state index contributed by atoms with van der Waals surface area (Å²) in [4.78, 5) is 15.1. The van der Waals surface area contributed by atoms with Gasteiger partial charge < -0.3 is 15.2 Å². The number of hydrogen-bond donors (Lipinski definition) is 1. The van der Waals surface area contributed by atoms with Gasteiger partial charge in [-0.2, -0.15) is 0 Å². The van der Waals surface area contributed by atoms with E-state index in [1.54, 1.807) is 0 Å². The lowest BCUT2D eigenvalue weighted by molar-refractivity contribution is 0.0614. The summed E-state index contributed by atoms with van der Waals surface area (Å²) in [6, 6.07) is 4.89. The molecule has 1 aliphatic rings. The average molecular weight is 291 g/mol. The Kier molecular flexibility index (Phi) is 5.45. The largest absolute Gasteiger partial charge is 0.341 e. The maximum atomic E-state index is 13.0. The van der Waals surface area contributed by atoms with Crippen molar-refractivity contribution in [1.29, 1.82) is 0 Å². The number of aromatic nitrogens is 1. The van der Waals surface area contributed by atoms with Crippen LogP contribution < -0.4 is 5.73 Å². The van der Waals surface area contributed by atoms with E-state index in [-0.39, 0.29) is 5.91 Å². The SMILES string of the molecule is CCCN(C(=O)c1cccn1C(C)C)C1CCC(N)CC1. The minimum Gasteiger partial charge on any atom is -0.341 e. The second-order valence-corrected chi connectivity index (χ2v) is 6.46. The van der Waals surface area contributed by atoms with Crippen LogP contribution in [0, 0.1) is 0 Å². The summed E-state index contributed by atoms with van der Waals surface area (Å²) in [7, 11) is 0. The predicted octanol–water partition coefficient (Wildman–Crippen LogP) is 3.19. The molecule has 1 heterocycles. The van der Waals surface area contributed by atoms with E-state index in [4.69, 9.17) is 5.73 Å². The molecule has 0 saturated heterocycles. The molecule has 1 fully saturated rings. The quantitative estimate of drug-likeness (QED) is 0.905. The van der Waals surface area contributed by atoms with Crippen LogP contribution >= 0.6 is 0 Å². The van der Waals surface area contributed by atoms with Crippen molar-refractivity contribution in [3.05, 3.63) is 24.0 Å². The zero-order valence-corrected chi connectivity index (χ0v) is 13.6. The van der Waals surface area contributed by atoms with E-state index >= 15 is 0 Å².